The molecule has 6 nitrogen and oxygen atoms in total. The van der Waals surface area contributed by atoms with Crippen LogP contribution in [0.1, 0.15) is 27.8 Å². The Morgan fingerprint density at radius 1 is 0.926 bits per heavy atom. The molecular formula is C21H19N3O3. The number of nitrogens with one attached hydrogen (secondary N) is 2. The number of esters is 1. The van der Waals surface area contributed by atoms with Crippen molar-refractivity contribution in [2.75, 3.05) is 17.2 Å². The van der Waals surface area contributed by atoms with E-state index < -0.39 is 5.97 Å². The van der Waals surface area contributed by atoms with Crippen LogP contribution >= 0.6 is 0 Å². The fourth-order valence-corrected chi connectivity index (χ4v) is 2.45. The van der Waals surface area contributed by atoms with Crippen LogP contribution in [0.5, 0.6) is 0 Å². The summed E-state index contributed by atoms with van der Waals surface area (Å²) in [7, 11) is 0. The summed E-state index contributed by atoms with van der Waals surface area (Å²) < 4.78 is 5.07. The van der Waals surface area contributed by atoms with Gasteiger partial charge in [-0.3, -0.25) is 4.79 Å². The monoisotopic (exact) mass is 361 g/mol. The third kappa shape index (κ3) is 4.70. The molecular weight excluding hydrogens is 342 g/mol. The van der Waals surface area contributed by atoms with E-state index in [1.165, 1.54) is 0 Å². The quantitative estimate of drug-likeness (QED) is 0.642. The molecule has 0 fully saturated rings. The lowest BCUT2D eigenvalue weighted by Gasteiger charge is -2.11. The molecule has 6 heteroatoms. The van der Waals surface area contributed by atoms with Crippen molar-refractivity contribution in [2.24, 2.45) is 0 Å². The summed E-state index contributed by atoms with van der Waals surface area (Å²) in [6.07, 6.45) is 1.54. The number of pyridine rings is 1. The molecule has 2 aromatic carbocycles. The smallest absolute Gasteiger partial charge is 0.340 e. The number of hydrogen-bond donors (Lipinski definition) is 2. The van der Waals surface area contributed by atoms with Gasteiger partial charge in [0.1, 0.15) is 5.69 Å². The van der Waals surface area contributed by atoms with Gasteiger partial charge < -0.3 is 15.4 Å². The van der Waals surface area contributed by atoms with Crippen LogP contribution in [0.3, 0.4) is 0 Å². The van der Waals surface area contributed by atoms with E-state index in [1.54, 1.807) is 55.6 Å². The standard InChI is InChI=1S/C21H19N3O3/c1-2-27-21(26)17-10-6-7-11-18(17)23-16-12-13-19(22-14-16)20(25)24-15-8-4-3-5-9-15/h3-14,23H,2H2,1H3,(H,24,25). The second-order valence-corrected chi connectivity index (χ2v) is 5.64. The van der Waals surface area contributed by atoms with E-state index >= 15 is 0 Å². The molecule has 0 spiro atoms. The first-order chi connectivity index (χ1) is 13.2. The predicted octanol–water partition coefficient (Wildman–Crippen LogP) is 4.25. The Morgan fingerprint density at radius 2 is 1.67 bits per heavy atom. The van der Waals surface area contributed by atoms with Crippen molar-refractivity contribution in [3.63, 3.8) is 0 Å². The van der Waals surface area contributed by atoms with Crippen molar-refractivity contribution in [3.05, 3.63) is 84.2 Å². The Kier molecular flexibility index (Phi) is 5.79. The first kappa shape index (κ1) is 18.1. The molecule has 1 amide bonds. The maximum atomic E-state index is 12.2. The Hall–Kier alpha value is -3.67. The molecule has 3 rings (SSSR count). The molecule has 1 aromatic heterocycles. The van der Waals surface area contributed by atoms with E-state index in [-0.39, 0.29) is 5.91 Å². The predicted molar refractivity (Wildman–Crippen MR) is 104 cm³/mol. The number of nitrogens with zero attached hydrogens (tertiary/aromatic N) is 1. The Balaban J connectivity index is 1.71. The lowest BCUT2D eigenvalue weighted by molar-refractivity contribution is 0.0527. The van der Waals surface area contributed by atoms with Crippen LogP contribution < -0.4 is 10.6 Å². The molecule has 2 N–H and O–H groups in total. The number of amides is 1. The molecule has 0 radical (unpaired) electrons. The van der Waals surface area contributed by atoms with Crippen LogP contribution in [0.2, 0.25) is 0 Å². The van der Waals surface area contributed by atoms with Gasteiger partial charge in [0.15, 0.2) is 0 Å². The molecule has 0 bridgehead atoms. The highest BCUT2D eigenvalue weighted by Crippen LogP contribution is 2.21. The van der Waals surface area contributed by atoms with Crippen molar-refractivity contribution < 1.29 is 14.3 Å². The van der Waals surface area contributed by atoms with Gasteiger partial charge in [-0.1, -0.05) is 30.3 Å². The van der Waals surface area contributed by atoms with Gasteiger partial charge in [-0.2, -0.15) is 0 Å². The number of carbonyl (C=O) groups is 2. The fourth-order valence-electron chi connectivity index (χ4n) is 2.45. The first-order valence-corrected chi connectivity index (χ1v) is 8.53. The van der Waals surface area contributed by atoms with Crippen LogP contribution in [0.25, 0.3) is 0 Å². The number of para-hydroxylation sites is 2. The largest absolute Gasteiger partial charge is 0.462 e. The number of ether oxygens (including phenoxy) is 1. The zero-order chi connectivity index (χ0) is 19.1. The van der Waals surface area contributed by atoms with Gasteiger partial charge in [0, 0.05) is 5.69 Å². The van der Waals surface area contributed by atoms with E-state index in [0.717, 1.165) is 0 Å². The van der Waals surface area contributed by atoms with Gasteiger partial charge in [-0.05, 0) is 43.3 Å². The van der Waals surface area contributed by atoms with Gasteiger partial charge >= 0.3 is 5.97 Å². The summed E-state index contributed by atoms with van der Waals surface area (Å²) >= 11 is 0. The van der Waals surface area contributed by atoms with Gasteiger partial charge in [0.25, 0.3) is 5.91 Å². The van der Waals surface area contributed by atoms with Crippen LogP contribution in [0.4, 0.5) is 17.1 Å². The van der Waals surface area contributed by atoms with Gasteiger partial charge in [-0.25, -0.2) is 9.78 Å². The molecule has 0 aliphatic rings. The Labute approximate surface area is 157 Å². The Morgan fingerprint density at radius 3 is 2.37 bits per heavy atom. The number of rotatable bonds is 6. The average Bonchev–Trinajstić information content (AvgIpc) is 2.70. The number of anilines is 3. The summed E-state index contributed by atoms with van der Waals surface area (Å²) in [5, 5.41) is 5.92. The van der Waals surface area contributed by atoms with Crippen molar-refractivity contribution >= 4 is 28.9 Å². The highest BCUT2D eigenvalue weighted by Gasteiger charge is 2.12. The lowest BCUT2D eigenvalue weighted by Crippen LogP contribution is -2.13. The van der Waals surface area contributed by atoms with E-state index in [0.29, 0.717) is 34.9 Å². The summed E-state index contributed by atoms with van der Waals surface area (Å²) in [5.41, 5.74) is 2.70. The minimum absolute atomic E-state index is 0.292. The maximum Gasteiger partial charge on any atom is 0.340 e. The van der Waals surface area contributed by atoms with E-state index in [1.807, 2.05) is 24.3 Å². The third-order valence-corrected chi connectivity index (χ3v) is 3.73. The average molecular weight is 361 g/mol. The van der Waals surface area contributed by atoms with Crippen LogP contribution in [0.15, 0.2) is 72.9 Å². The maximum absolute atomic E-state index is 12.2. The van der Waals surface area contributed by atoms with Crippen molar-refractivity contribution in [3.8, 4) is 0 Å². The molecule has 0 atom stereocenters. The summed E-state index contributed by atoms with van der Waals surface area (Å²) in [6, 6.07) is 19.6. The zero-order valence-electron chi connectivity index (χ0n) is 14.8. The molecule has 0 aliphatic carbocycles. The second kappa shape index (κ2) is 8.62. The molecule has 0 saturated heterocycles. The van der Waals surface area contributed by atoms with Crippen molar-refractivity contribution in [1.29, 1.82) is 0 Å². The van der Waals surface area contributed by atoms with Crippen LogP contribution in [-0.2, 0) is 4.74 Å². The molecule has 136 valence electrons. The third-order valence-electron chi connectivity index (χ3n) is 3.73. The van der Waals surface area contributed by atoms with Crippen LogP contribution in [-0.4, -0.2) is 23.5 Å². The van der Waals surface area contributed by atoms with E-state index in [2.05, 4.69) is 15.6 Å². The lowest BCUT2D eigenvalue weighted by atomic mass is 10.1. The van der Waals surface area contributed by atoms with Crippen molar-refractivity contribution in [1.82, 2.24) is 4.98 Å². The SMILES string of the molecule is CCOC(=O)c1ccccc1Nc1ccc(C(=O)Nc2ccccc2)nc1. The summed E-state index contributed by atoms with van der Waals surface area (Å²) in [4.78, 5) is 28.5. The number of benzene rings is 2. The molecule has 0 unspecified atom stereocenters. The topological polar surface area (TPSA) is 80.3 Å². The zero-order valence-corrected chi connectivity index (χ0v) is 14.8. The number of carbonyl (C=O) groups excluding carboxylic acids is 2. The molecule has 27 heavy (non-hydrogen) atoms. The second-order valence-electron chi connectivity index (χ2n) is 5.64. The minimum atomic E-state index is -0.396. The fraction of sp³-hybridized carbons (Fsp3) is 0.0952. The number of aromatic nitrogens is 1. The first-order valence-electron chi connectivity index (χ1n) is 8.53. The minimum Gasteiger partial charge on any atom is -0.462 e. The van der Waals surface area contributed by atoms with E-state index in [4.69, 9.17) is 4.74 Å². The molecule has 1 heterocycles. The van der Waals surface area contributed by atoms with E-state index in [9.17, 15) is 9.59 Å². The van der Waals surface area contributed by atoms with Gasteiger partial charge in [0.2, 0.25) is 0 Å². The van der Waals surface area contributed by atoms with Crippen molar-refractivity contribution in [2.45, 2.75) is 6.92 Å². The highest BCUT2D eigenvalue weighted by atomic mass is 16.5. The molecule has 3 aromatic rings. The number of hydrogen-bond acceptors (Lipinski definition) is 5. The summed E-state index contributed by atoms with van der Waals surface area (Å²) in [6.45, 7) is 2.07. The summed E-state index contributed by atoms with van der Waals surface area (Å²) in [5.74, 6) is -0.688. The highest BCUT2D eigenvalue weighted by molar-refractivity contribution is 6.03. The van der Waals surface area contributed by atoms with Gasteiger partial charge in [-0.15, -0.1) is 0 Å². The Bertz CT molecular complexity index is 925. The normalized spacial score (nSPS) is 10.1. The molecule has 0 aliphatic heterocycles. The molecule has 0 saturated carbocycles. The van der Waals surface area contributed by atoms with Crippen LogP contribution in [0, 0.1) is 0 Å². The van der Waals surface area contributed by atoms with Gasteiger partial charge in [0.05, 0.1) is 29.7 Å².